The maximum Gasteiger partial charge on any atom is 0.137 e. The Kier molecular flexibility index (Phi) is 2.64. The van der Waals surface area contributed by atoms with Crippen molar-refractivity contribution in [3.63, 3.8) is 0 Å². The number of hydrogen-bond donors (Lipinski definition) is 0. The molecule has 0 aliphatic heterocycles. The highest BCUT2D eigenvalue weighted by Crippen LogP contribution is 2.31. The van der Waals surface area contributed by atoms with Gasteiger partial charge in [0.15, 0.2) is 0 Å². The molecule has 0 aliphatic rings. The standard InChI is InChI=1S/C12H9BrN2OS/c1-16-8-2-5-12-14-9(7-15(12)6-8)10-3-4-11(13)17-10/h2-7H,1H3. The molecule has 0 bridgehead atoms. The smallest absolute Gasteiger partial charge is 0.137 e. The van der Waals surface area contributed by atoms with Crippen molar-refractivity contribution in [1.29, 1.82) is 0 Å². The second kappa shape index (κ2) is 4.16. The summed E-state index contributed by atoms with van der Waals surface area (Å²) in [5, 5.41) is 0. The number of methoxy groups -OCH3 is 1. The molecule has 0 N–H and O–H groups in total. The van der Waals surface area contributed by atoms with Gasteiger partial charge in [-0.2, -0.15) is 0 Å². The topological polar surface area (TPSA) is 26.5 Å². The van der Waals surface area contributed by atoms with Gasteiger partial charge in [0, 0.05) is 6.20 Å². The predicted molar refractivity (Wildman–Crippen MR) is 72.8 cm³/mol. The van der Waals surface area contributed by atoms with Crippen molar-refractivity contribution < 1.29 is 4.74 Å². The number of rotatable bonds is 2. The molecule has 3 heterocycles. The summed E-state index contributed by atoms with van der Waals surface area (Å²) in [5.41, 5.74) is 1.90. The molecule has 0 unspecified atom stereocenters. The van der Waals surface area contributed by atoms with Crippen LogP contribution in [0.1, 0.15) is 0 Å². The van der Waals surface area contributed by atoms with Gasteiger partial charge < -0.3 is 9.14 Å². The third-order valence-electron chi connectivity index (χ3n) is 2.49. The zero-order chi connectivity index (χ0) is 11.8. The molecular formula is C12H9BrN2OS. The van der Waals surface area contributed by atoms with Crippen LogP contribution in [0.15, 0.2) is 40.4 Å². The average Bonchev–Trinajstić information content (AvgIpc) is 2.93. The van der Waals surface area contributed by atoms with Crippen molar-refractivity contribution in [2.24, 2.45) is 0 Å². The molecule has 0 spiro atoms. The number of aromatic nitrogens is 2. The van der Waals surface area contributed by atoms with E-state index in [1.165, 1.54) is 0 Å². The van der Waals surface area contributed by atoms with Gasteiger partial charge in [-0.05, 0) is 40.2 Å². The predicted octanol–water partition coefficient (Wildman–Crippen LogP) is 3.83. The molecule has 3 rings (SSSR count). The molecule has 17 heavy (non-hydrogen) atoms. The molecule has 0 aromatic carbocycles. The number of thiophene rings is 1. The van der Waals surface area contributed by atoms with E-state index in [-0.39, 0.29) is 0 Å². The monoisotopic (exact) mass is 308 g/mol. The molecule has 0 aliphatic carbocycles. The van der Waals surface area contributed by atoms with Crippen LogP contribution in [0, 0.1) is 0 Å². The molecule has 0 amide bonds. The van der Waals surface area contributed by atoms with Gasteiger partial charge >= 0.3 is 0 Å². The van der Waals surface area contributed by atoms with Crippen LogP contribution < -0.4 is 4.74 Å². The quantitative estimate of drug-likeness (QED) is 0.719. The van der Waals surface area contributed by atoms with Crippen LogP contribution in [0.3, 0.4) is 0 Å². The first-order chi connectivity index (χ1) is 8.26. The number of fused-ring (bicyclic) bond motifs is 1. The van der Waals surface area contributed by atoms with E-state index in [1.807, 2.05) is 35.0 Å². The van der Waals surface area contributed by atoms with Crippen molar-refractivity contribution in [2.75, 3.05) is 7.11 Å². The van der Waals surface area contributed by atoms with Crippen LogP contribution in [0.25, 0.3) is 16.2 Å². The van der Waals surface area contributed by atoms with Crippen molar-refractivity contribution in [1.82, 2.24) is 9.38 Å². The fraction of sp³-hybridized carbons (Fsp3) is 0.0833. The van der Waals surface area contributed by atoms with Gasteiger partial charge in [-0.3, -0.25) is 0 Å². The summed E-state index contributed by atoms with van der Waals surface area (Å²) in [5.74, 6) is 0.828. The van der Waals surface area contributed by atoms with E-state index < -0.39 is 0 Å². The van der Waals surface area contributed by atoms with E-state index >= 15 is 0 Å². The summed E-state index contributed by atoms with van der Waals surface area (Å²) in [4.78, 5) is 5.72. The maximum absolute atomic E-state index is 5.19. The fourth-order valence-corrected chi connectivity index (χ4v) is 3.00. The summed E-state index contributed by atoms with van der Waals surface area (Å²) < 4.78 is 8.27. The number of hydrogen-bond acceptors (Lipinski definition) is 3. The van der Waals surface area contributed by atoms with Gasteiger partial charge in [0.1, 0.15) is 11.4 Å². The van der Waals surface area contributed by atoms with E-state index in [9.17, 15) is 0 Å². The largest absolute Gasteiger partial charge is 0.495 e. The number of halogens is 1. The Morgan fingerprint density at radius 2 is 2.12 bits per heavy atom. The Labute approximate surface area is 111 Å². The first kappa shape index (κ1) is 10.8. The van der Waals surface area contributed by atoms with Crippen molar-refractivity contribution in [2.45, 2.75) is 0 Å². The molecule has 3 aromatic rings. The lowest BCUT2D eigenvalue weighted by molar-refractivity contribution is 0.412. The van der Waals surface area contributed by atoms with Crippen LogP contribution in [0.2, 0.25) is 0 Å². The number of imidazole rings is 1. The van der Waals surface area contributed by atoms with Crippen molar-refractivity contribution >= 4 is 32.9 Å². The minimum atomic E-state index is 0.828. The minimum absolute atomic E-state index is 0.828. The van der Waals surface area contributed by atoms with Gasteiger partial charge in [0.2, 0.25) is 0 Å². The van der Waals surface area contributed by atoms with Gasteiger partial charge in [0.25, 0.3) is 0 Å². The van der Waals surface area contributed by atoms with Crippen molar-refractivity contribution in [3.05, 3.63) is 40.4 Å². The molecule has 86 valence electrons. The highest BCUT2D eigenvalue weighted by atomic mass is 79.9. The van der Waals surface area contributed by atoms with Crippen LogP contribution in [-0.2, 0) is 0 Å². The van der Waals surface area contributed by atoms with Crippen LogP contribution >= 0.6 is 27.3 Å². The molecular weight excluding hydrogens is 300 g/mol. The summed E-state index contributed by atoms with van der Waals surface area (Å²) in [7, 11) is 1.66. The van der Waals surface area contributed by atoms with E-state index in [4.69, 9.17) is 4.74 Å². The van der Waals surface area contributed by atoms with Crippen LogP contribution in [-0.4, -0.2) is 16.5 Å². The minimum Gasteiger partial charge on any atom is -0.495 e. The Bertz CT molecular complexity index is 674. The lowest BCUT2D eigenvalue weighted by Crippen LogP contribution is -1.86. The fourth-order valence-electron chi connectivity index (χ4n) is 1.66. The summed E-state index contributed by atoms with van der Waals surface area (Å²) in [6.07, 6.45) is 3.94. The first-order valence-corrected chi connectivity index (χ1v) is 6.66. The molecule has 0 fully saturated rings. The molecule has 0 saturated carbocycles. The molecule has 0 saturated heterocycles. The third-order valence-corrected chi connectivity index (χ3v) is 4.13. The lowest BCUT2D eigenvalue weighted by atomic mass is 10.4. The van der Waals surface area contributed by atoms with Gasteiger partial charge in [0.05, 0.1) is 27.7 Å². The Morgan fingerprint density at radius 1 is 1.24 bits per heavy atom. The number of ether oxygens (including phenoxy) is 1. The normalized spacial score (nSPS) is 10.9. The zero-order valence-electron chi connectivity index (χ0n) is 9.05. The van der Waals surface area contributed by atoms with Crippen LogP contribution in [0.4, 0.5) is 0 Å². The summed E-state index contributed by atoms with van der Waals surface area (Å²) in [6, 6.07) is 7.96. The second-order valence-corrected chi connectivity index (χ2v) is 6.03. The SMILES string of the molecule is COc1ccc2nc(-c3ccc(Br)s3)cn2c1. The Hall–Kier alpha value is -1.33. The van der Waals surface area contributed by atoms with Gasteiger partial charge in [-0.15, -0.1) is 11.3 Å². The van der Waals surface area contributed by atoms with E-state index in [0.717, 1.165) is 25.8 Å². The first-order valence-electron chi connectivity index (χ1n) is 5.05. The second-order valence-electron chi connectivity index (χ2n) is 3.56. The molecule has 0 radical (unpaired) electrons. The summed E-state index contributed by atoms with van der Waals surface area (Å²) in [6.45, 7) is 0. The Morgan fingerprint density at radius 3 is 2.82 bits per heavy atom. The van der Waals surface area contributed by atoms with E-state index in [1.54, 1.807) is 18.4 Å². The van der Waals surface area contributed by atoms with Crippen LogP contribution in [0.5, 0.6) is 5.75 Å². The average molecular weight is 309 g/mol. The third kappa shape index (κ3) is 1.96. The van der Waals surface area contributed by atoms with Gasteiger partial charge in [-0.25, -0.2) is 4.98 Å². The molecule has 0 atom stereocenters. The van der Waals surface area contributed by atoms with E-state index in [2.05, 4.69) is 27.0 Å². The maximum atomic E-state index is 5.19. The molecule has 5 heteroatoms. The molecule has 3 aromatic heterocycles. The van der Waals surface area contributed by atoms with E-state index in [0.29, 0.717) is 0 Å². The van der Waals surface area contributed by atoms with Gasteiger partial charge in [-0.1, -0.05) is 0 Å². The summed E-state index contributed by atoms with van der Waals surface area (Å²) >= 11 is 5.14. The van der Waals surface area contributed by atoms with Crippen molar-refractivity contribution in [3.8, 4) is 16.3 Å². The number of nitrogens with zero attached hydrogens (tertiary/aromatic N) is 2. The Balaban J connectivity index is 2.13. The number of pyridine rings is 1. The lowest BCUT2D eigenvalue weighted by Gasteiger charge is -1.98. The molecule has 3 nitrogen and oxygen atoms in total. The zero-order valence-corrected chi connectivity index (χ0v) is 11.5. The highest BCUT2D eigenvalue weighted by Gasteiger charge is 2.07. The highest BCUT2D eigenvalue weighted by molar-refractivity contribution is 9.11.